The molecule has 2 N–H and O–H groups in total. The zero-order chi connectivity index (χ0) is 12.3. The molecule has 4 heteroatoms. The summed E-state index contributed by atoms with van der Waals surface area (Å²) in [5.74, 6) is 0.101. The van der Waals surface area contributed by atoms with Crippen LogP contribution in [0.5, 0.6) is 0 Å². The molecule has 0 unspecified atom stereocenters. The van der Waals surface area contributed by atoms with E-state index in [1.54, 1.807) is 0 Å². The summed E-state index contributed by atoms with van der Waals surface area (Å²) in [4.78, 5) is 12.9. The van der Waals surface area contributed by atoms with E-state index in [-0.39, 0.29) is 18.6 Å². The predicted octanol–water partition coefficient (Wildman–Crippen LogP) is 2.32. The minimum Gasteiger partial charge on any atom is -0.465 e. The van der Waals surface area contributed by atoms with Crippen molar-refractivity contribution in [2.75, 3.05) is 6.61 Å². The third-order valence-corrected chi connectivity index (χ3v) is 3.36. The second-order valence-electron chi connectivity index (χ2n) is 5.62. The molecule has 0 radical (unpaired) electrons. The summed E-state index contributed by atoms with van der Waals surface area (Å²) in [5, 5.41) is 18.7. The average molecular weight is 229 g/mol. The third-order valence-electron chi connectivity index (χ3n) is 3.36. The Morgan fingerprint density at radius 2 is 1.88 bits per heavy atom. The zero-order valence-corrected chi connectivity index (χ0v) is 10.4. The van der Waals surface area contributed by atoms with Gasteiger partial charge in [0, 0.05) is 24.1 Å². The molecule has 0 aliphatic heterocycles. The molecular weight excluding hydrogens is 206 g/mol. The van der Waals surface area contributed by atoms with Crippen molar-refractivity contribution in [1.29, 1.82) is 0 Å². The van der Waals surface area contributed by atoms with Crippen molar-refractivity contribution in [1.82, 2.24) is 4.90 Å². The number of hydrogen-bond acceptors (Lipinski definition) is 2. The van der Waals surface area contributed by atoms with E-state index in [2.05, 4.69) is 0 Å². The van der Waals surface area contributed by atoms with Crippen LogP contribution >= 0.6 is 0 Å². The highest BCUT2D eigenvalue weighted by Gasteiger charge is 2.38. The van der Waals surface area contributed by atoms with Crippen LogP contribution in [0, 0.1) is 5.92 Å². The fraction of sp³-hybridized carbons (Fsp3) is 0.917. The number of aliphatic hydroxyl groups excluding tert-OH is 1. The summed E-state index contributed by atoms with van der Waals surface area (Å²) >= 11 is 0. The maximum absolute atomic E-state index is 11.4. The third kappa shape index (κ3) is 2.88. The van der Waals surface area contributed by atoms with Crippen molar-refractivity contribution in [2.24, 2.45) is 5.92 Å². The molecule has 0 heterocycles. The van der Waals surface area contributed by atoms with E-state index in [1.165, 1.54) is 4.90 Å². The van der Waals surface area contributed by atoms with Gasteiger partial charge in [0.25, 0.3) is 0 Å². The van der Waals surface area contributed by atoms with E-state index in [0.717, 1.165) is 25.7 Å². The van der Waals surface area contributed by atoms with Crippen molar-refractivity contribution < 1.29 is 15.0 Å². The molecule has 1 aliphatic carbocycles. The minimum atomic E-state index is -0.877. The van der Waals surface area contributed by atoms with Crippen LogP contribution in [0.4, 0.5) is 4.79 Å². The van der Waals surface area contributed by atoms with Crippen LogP contribution in [0.2, 0.25) is 0 Å². The van der Waals surface area contributed by atoms with Crippen molar-refractivity contribution in [3.05, 3.63) is 0 Å². The van der Waals surface area contributed by atoms with Gasteiger partial charge in [-0.1, -0.05) is 12.8 Å². The highest BCUT2D eigenvalue weighted by atomic mass is 16.4. The Balaban J connectivity index is 2.87. The zero-order valence-electron chi connectivity index (χ0n) is 10.4. The van der Waals surface area contributed by atoms with Crippen LogP contribution in [0.25, 0.3) is 0 Å². The molecule has 0 spiro atoms. The van der Waals surface area contributed by atoms with Crippen LogP contribution < -0.4 is 0 Å². The van der Waals surface area contributed by atoms with Gasteiger partial charge in [0.1, 0.15) is 0 Å². The van der Waals surface area contributed by atoms with Crippen molar-refractivity contribution in [3.8, 4) is 0 Å². The van der Waals surface area contributed by atoms with Gasteiger partial charge >= 0.3 is 6.09 Å². The van der Waals surface area contributed by atoms with Gasteiger partial charge in [-0.3, -0.25) is 0 Å². The van der Waals surface area contributed by atoms with Gasteiger partial charge in [-0.05, 0) is 33.6 Å². The van der Waals surface area contributed by atoms with Crippen LogP contribution in [-0.2, 0) is 0 Å². The molecule has 0 aromatic rings. The molecule has 0 saturated heterocycles. The lowest BCUT2D eigenvalue weighted by Crippen LogP contribution is -2.55. The van der Waals surface area contributed by atoms with Gasteiger partial charge in [0.2, 0.25) is 0 Å². The topological polar surface area (TPSA) is 60.8 Å². The second kappa shape index (κ2) is 5.04. The highest BCUT2D eigenvalue weighted by Crippen LogP contribution is 2.32. The number of carbonyl (C=O) groups is 1. The molecule has 1 rings (SSSR count). The number of nitrogens with zero attached hydrogens (tertiary/aromatic N) is 1. The molecule has 2 atom stereocenters. The fourth-order valence-electron chi connectivity index (χ4n) is 2.67. The first kappa shape index (κ1) is 13.3. The van der Waals surface area contributed by atoms with Crippen molar-refractivity contribution >= 4 is 6.09 Å². The van der Waals surface area contributed by atoms with Gasteiger partial charge in [0.15, 0.2) is 0 Å². The number of hydrogen-bond donors (Lipinski definition) is 2. The Morgan fingerprint density at radius 1 is 1.31 bits per heavy atom. The van der Waals surface area contributed by atoms with E-state index in [0.29, 0.717) is 0 Å². The molecule has 0 bridgehead atoms. The molecule has 1 amide bonds. The summed E-state index contributed by atoms with van der Waals surface area (Å²) < 4.78 is 0. The maximum Gasteiger partial charge on any atom is 0.407 e. The molecule has 0 aromatic heterocycles. The Labute approximate surface area is 97.3 Å². The predicted molar refractivity (Wildman–Crippen MR) is 62.4 cm³/mol. The normalized spacial score (nSPS) is 26.5. The van der Waals surface area contributed by atoms with Gasteiger partial charge in [-0.15, -0.1) is 0 Å². The molecule has 4 nitrogen and oxygen atoms in total. The number of aliphatic hydroxyl groups is 1. The molecule has 94 valence electrons. The van der Waals surface area contributed by atoms with Gasteiger partial charge in [0.05, 0.1) is 0 Å². The quantitative estimate of drug-likeness (QED) is 0.764. The lowest BCUT2D eigenvalue weighted by atomic mass is 9.82. The lowest BCUT2D eigenvalue weighted by Gasteiger charge is -2.44. The number of carboxylic acid groups (broad SMARTS) is 1. The highest BCUT2D eigenvalue weighted by molar-refractivity contribution is 5.66. The van der Waals surface area contributed by atoms with Crippen LogP contribution in [0.3, 0.4) is 0 Å². The Kier molecular flexibility index (Phi) is 4.19. The summed E-state index contributed by atoms with van der Waals surface area (Å²) in [6.45, 7) is 5.81. The molecule has 16 heavy (non-hydrogen) atoms. The van der Waals surface area contributed by atoms with E-state index in [1.807, 2.05) is 20.8 Å². The maximum atomic E-state index is 11.4. The standard InChI is InChI=1S/C12H23NO3/c1-12(2,3)13(11(15)16)10-7-5-4-6-9(10)8-14/h9-10,14H,4-8H2,1-3H3,(H,15,16)/t9-,10-/m0/s1. The van der Waals surface area contributed by atoms with E-state index >= 15 is 0 Å². The molecule has 0 aromatic carbocycles. The van der Waals surface area contributed by atoms with Crippen molar-refractivity contribution in [3.63, 3.8) is 0 Å². The number of amides is 1. The summed E-state index contributed by atoms with van der Waals surface area (Å²) in [5.41, 5.74) is -0.402. The molecule has 1 fully saturated rings. The van der Waals surface area contributed by atoms with Gasteiger partial charge in [-0.2, -0.15) is 0 Å². The summed E-state index contributed by atoms with van der Waals surface area (Å²) in [6.07, 6.45) is 3.08. The first-order valence-electron chi connectivity index (χ1n) is 6.01. The summed E-state index contributed by atoms with van der Waals surface area (Å²) in [7, 11) is 0. The molecule has 1 saturated carbocycles. The Morgan fingerprint density at radius 3 is 2.31 bits per heavy atom. The van der Waals surface area contributed by atoms with Gasteiger partial charge in [-0.25, -0.2) is 4.79 Å². The number of rotatable bonds is 2. The molecular formula is C12H23NO3. The van der Waals surface area contributed by atoms with E-state index in [9.17, 15) is 15.0 Å². The smallest absolute Gasteiger partial charge is 0.407 e. The van der Waals surface area contributed by atoms with Crippen LogP contribution in [0.1, 0.15) is 46.5 Å². The summed E-state index contributed by atoms with van der Waals surface area (Å²) in [6, 6.07) is -0.0313. The SMILES string of the molecule is CC(C)(C)N(C(=O)O)[C@H]1CCCC[C@H]1CO. The lowest BCUT2D eigenvalue weighted by molar-refractivity contribution is 0.0167. The first-order valence-corrected chi connectivity index (χ1v) is 6.01. The monoisotopic (exact) mass is 229 g/mol. The second-order valence-corrected chi connectivity index (χ2v) is 5.62. The largest absolute Gasteiger partial charge is 0.465 e. The Hall–Kier alpha value is -0.770. The average Bonchev–Trinajstić information content (AvgIpc) is 2.15. The fourth-order valence-corrected chi connectivity index (χ4v) is 2.67. The van der Waals surface area contributed by atoms with E-state index in [4.69, 9.17) is 0 Å². The van der Waals surface area contributed by atoms with E-state index < -0.39 is 11.6 Å². The van der Waals surface area contributed by atoms with Gasteiger partial charge < -0.3 is 15.1 Å². The molecule has 1 aliphatic rings. The first-order chi connectivity index (χ1) is 7.38. The minimum absolute atomic E-state index is 0.0313. The van der Waals surface area contributed by atoms with Crippen LogP contribution in [0.15, 0.2) is 0 Å². The van der Waals surface area contributed by atoms with Crippen LogP contribution in [-0.4, -0.2) is 39.4 Å². The van der Waals surface area contributed by atoms with Crippen molar-refractivity contribution in [2.45, 2.75) is 58.0 Å². The Bertz CT molecular complexity index is 247.